The summed E-state index contributed by atoms with van der Waals surface area (Å²) in [5, 5.41) is 2.77. The molecule has 2 aromatic rings. The standard InChI is InChI=1S/C17H15N3O4/c18-20-16(21)10-23-12-7-5-11(6-8-12)9-15-17(22)19-13-3-1-2-4-14(13)24-15/h1-9H,10,18H2,(H,19,22)(H,20,21)/b15-9+. The van der Waals surface area contributed by atoms with Crippen LogP contribution in [0.5, 0.6) is 11.5 Å². The van der Waals surface area contributed by atoms with E-state index in [0.29, 0.717) is 17.2 Å². The lowest BCUT2D eigenvalue weighted by atomic mass is 10.1. The Hall–Kier alpha value is -3.32. The molecule has 24 heavy (non-hydrogen) atoms. The second kappa shape index (κ2) is 6.84. The van der Waals surface area contributed by atoms with Gasteiger partial charge >= 0.3 is 0 Å². The second-order valence-corrected chi connectivity index (χ2v) is 4.99. The number of anilines is 1. The highest BCUT2D eigenvalue weighted by Gasteiger charge is 2.21. The van der Waals surface area contributed by atoms with Gasteiger partial charge < -0.3 is 14.8 Å². The van der Waals surface area contributed by atoms with Gasteiger partial charge in [0.05, 0.1) is 5.69 Å². The molecule has 1 aliphatic rings. The van der Waals surface area contributed by atoms with Gasteiger partial charge in [0.15, 0.2) is 18.1 Å². The molecular weight excluding hydrogens is 310 g/mol. The summed E-state index contributed by atoms with van der Waals surface area (Å²) in [6.07, 6.45) is 1.63. The molecule has 1 aliphatic heterocycles. The smallest absolute Gasteiger partial charge is 0.291 e. The van der Waals surface area contributed by atoms with E-state index in [-0.39, 0.29) is 18.3 Å². The van der Waals surface area contributed by atoms with Crippen molar-refractivity contribution in [3.05, 3.63) is 59.9 Å². The summed E-state index contributed by atoms with van der Waals surface area (Å²) in [6.45, 7) is -0.167. The van der Waals surface area contributed by atoms with E-state index in [1.807, 2.05) is 17.6 Å². The summed E-state index contributed by atoms with van der Waals surface area (Å²) in [7, 11) is 0. The van der Waals surface area contributed by atoms with Crippen molar-refractivity contribution in [3.8, 4) is 11.5 Å². The number of carbonyl (C=O) groups is 2. The van der Waals surface area contributed by atoms with Gasteiger partial charge in [-0.2, -0.15) is 0 Å². The Kier molecular flexibility index (Phi) is 4.44. The first-order chi connectivity index (χ1) is 11.7. The largest absolute Gasteiger partial charge is 0.484 e. The molecule has 0 aromatic heterocycles. The van der Waals surface area contributed by atoms with Crippen LogP contribution in [0, 0.1) is 0 Å². The van der Waals surface area contributed by atoms with Crippen LogP contribution in [0.2, 0.25) is 0 Å². The maximum atomic E-state index is 12.1. The molecule has 0 bridgehead atoms. The van der Waals surface area contributed by atoms with Crippen LogP contribution >= 0.6 is 0 Å². The van der Waals surface area contributed by atoms with Crippen LogP contribution in [0.1, 0.15) is 5.56 Å². The summed E-state index contributed by atoms with van der Waals surface area (Å²) in [4.78, 5) is 23.1. The molecule has 7 heteroatoms. The molecular formula is C17H15N3O4. The van der Waals surface area contributed by atoms with E-state index in [9.17, 15) is 9.59 Å². The number of nitrogens with two attached hydrogens (primary N) is 1. The number of ether oxygens (including phenoxy) is 2. The Bertz CT molecular complexity index is 800. The third-order valence-electron chi connectivity index (χ3n) is 3.29. The van der Waals surface area contributed by atoms with Crippen molar-refractivity contribution in [2.75, 3.05) is 11.9 Å². The van der Waals surface area contributed by atoms with Gasteiger partial charge in [0.2, 0.25) is 0 Å². The number of para-hydroxylation sites is 2. The van der Waals surface area contributed by atoms with Crippen molar-refractivity contribution < 1.29 is 19.1 Å². The maximum absolute atomic E-state index is 12.1. The third-order valence-corrected chi connectivity index (χ3v) is 3.29. The van der Waals surface area contributed by atoms with E-state index >= 15 is 0 Å². The molecule has 122 valence electrons. The zero-order chi connectivity index (χ0) is 16.9. The third kappa shape index (κ3) is 3.53. The normalized spacial score (nSPS) is 14.4. The van der Waals surface area contributed by atoms with E-state index in [2.05, 4.69) is 5.32 Å². The van der Waals surface area contributed by atoms with Crippen LogP contribution in [0.15, 0.2) is 54.3 Å². The van der Waals surface area contributed by atoms with Crippen LogP contribution in [0.3, 0.4) is 0 Å². The fourth-order valence-corrected chi connectivity index (χ4v) is 2.10. The molecule has 7 nitrogen and oxygen atoms in total. The Morgan fingerprint density at radius 2 is 1.96 bits per heavy atom. The molecule has 2 aromatic carbocycles. The van der Waals surface area contributed by atoms with Crippen molar-refractivity contribution in [1.82, 2.24) is 5.43 Å². The number of hydrogen-bond donors (Lipinski definition) is 3. The predicted octanol–water partition coefficient (Wildman–Crippen LogP) is 1.43. The Labute approximate surface area is 138 Å². The Balaban J connectivity index is 1.72. The van der Waals surface area contributed by atoms with E-state index in [1.165, 1.54) is 0 Å². The molecule has 0 saturated carbocycles. The van der Waals surface area contributed by atoms with Crippen molar-refractivity contribution in [2.45, 2.75) is 0 Å². The highest BCUT2D eigenvalue weighted by atomic mass is 16.5. The summed E-state index contributed by atoms with van der Waals surface area (Å²) in [5.41, 5.74) is 3.38. The van der Waals surface area contributed by atoms with Crippen LogP contribution in [0.4, 0.5) is 5.69 Å². The van der Waals surface area contributed by atoms with Gasteiger partial charge in [-0.1, -0.05) is 24.3 Å². The zero-order valence-corrected chi connectivity index (χ0v) is 12.6. The number of nitrogens with one attached hydrogen (secondary N) is 2. The summed E-state index contributed by atoms with van der Waals surface area (Å²) < 4.78 is 10.9. The Morgan fingerprint density at radius 1 is 1.21 bits per heavy atom. The van der Waals surface area contributed by atoms with Gasteiger partial charge in [0.1, 0.15) is 5.75 Å². The number of rotatable bonds is 4. The molecule has 4 N–H and O–H groups in total. The van der Waals surface area contributed by atoms with Gasteiger partial charge in [0, 0.05) is 0 Å². The lowest BCUT2D eigenvalue weighted by molar-refractivity contribution is -0.123. The fraction of sp³-hybridized carbons (Fsp3) is 0.0588. The monoisotopic (exact) mass is 325 g/mol. The van der Waals surface area contributed by atoms with E-state index in [0.717, 1.165) is 5.56 Å². The highest BCUT2D eigenvalue weighted by molar-refractivity contribution is 6.08. The number of hydrogen-bond acceptors (Lipinski definition) is 5. The molecule has 0 saturated heterocycles. The van der Waals surface area contributed by atoms with Gasteiger partial charge in [-0.05, 0) is 35.9 Å². The molecule has 0 aliphatic carbocycles. The first-order valence-electron chi connectivity index (χ1n) is 7.18. The molecule has 3 rings (SSSR count). The predicted molar refractivity (Wildman–Crippen MR) is 87.9 cm³/mol. The number of benzene rings is 2. The van der Waals surface area contributed by atoms with E-state index in [1.54, 1.807) is 42.5 Å². The topological polar surface area (TPSA) is 103 Å². The number of hydrazine groups is 1. The summed E-state index contributed by atoms with van der Waals surface area (Å²) >= 11 is 0. The molecule has 0 spiro atoms. The minimum Gasteiger partial charge on any atom is -0.484 e. The van der Waals surface area contributed by atoms with Crippen molar-refractivity contribution in [2.24, 2.45) is 5.84 Å². The summed E-state index contributed by atoms with van der Waals surface area (Å²) in [6, 6.07) is 14.1. The molecule has 0 atom stereocenters. The maximum Gasteiger partial charge on any atom is 0.291 e. The molecule has 0 unspecified atom stereocenters. The lowest BCUT2D eigenvalue weighted by Crippen LogP contribution is -2.34. The lowest BCUT2D eigenvalue weighted by Gasteiger charge is -2.19. The average Bonchev–Trinajstić information content (AvgIpc) is 2.61. The average molecular weight is 325 g/mol. The van der Waals surface area contributed by atoms with Crippen LogP contribution < -0.4 is 26.1 Å². The molecule has 0 fully saturated rings. The van der Waals surface area contributed by atoms with Crippen molar-refractivity contribution in [1.29, 1.82) is 0 Å². The number of amides is 2. The van der Waals surface area contributed by atoms with Crippen LogP contribution in [0.25, 0.3) is 6.08 Å². The van der Waals surface area contributed by atoms with Gasteiger partial charge in [-0.25, -0.2) is 5.84 Å². The van der Waals surface area contributed by atoms with Crippen molar-refractivity contribution in [3.63, 3.8) is 0 Å². The van der Waals surface area contributed by atoms with Gasteiger partial charge in [-0.3, -0.25) is 15.0 Å². The van der Waals surface area contributed by atoms with Crippen molar-refractivity contribution >= 4 is 23.6 Å². The molecule has 2 amide bonds. The first kappa shape index (κ1) is 15.6. The number of carbonyl (C=O) groups excluding carboxylic acids is 2. The van der Waals surface area contributed by atoms with Gasteiger partial charge in [-0.15, -0.1) is 0 Å². The Morgan fingerprint density at radius 3 is 2.71 bits per heavy atom. The van der Waals surface area contributed by atoms with Crippen LogP contribution in [-0.2, 0) is 9.59 Å². The minimum absolute atomic E-state index is 0.167. The fourth-order valence-electron chi connectivity index (χ4n) is 2.10. The first-order valence-corrected chi connectivity index (χ1v) is 7.18. The second-order valence-electron chi connectivity index (χ2n) is 4.99. The molecule has 1 heterocycles. The van der Waals surface area contributed by atoms with E-state index < -0.39 is 5.91 Å². The minimum atomic E-state index is -0.424. The quantitative estimate of drug-likeness (QED) is 0.341. The van der Waals surface area contributed by atoms with Crippen LogP contribution in [-0.4, -0.2) is 18.4 Å². The highest BCUT2D eigenvalue weighted by Crippen LogP contribution is 2.30. The van der Waals surface area contributed by atoms with Gasteiger partial charge in [0.25, 0.3) is 11.8 Å². The number of fused-ring (bicyclic) bond motifs is 1. The van der Waals surface area contributed by atoms with E-state index in [4.69, 9.17) is 15.3 Å². The zero-order valence-electron chi connectivity index (χ0n) is 12.6. The summed E-state index contributed by atoms with van der Waals surface area (Å²) in [5.74, 6) is 5.54. The SMILES string of the molecule is NNC(=O)COc1ccc(/C=C2/Oc3ccccc3NC2=O)cc1. The molecule has 0 radical (unpaired) electrons.